The van der Waals surface area contributed by atoms with Gasteiger partial charge in [0.25, 0.3) is 0 Å². The summed E-state index contributed by atoms with van der Waals surface area (Å²) in [6.07, 6.45) is 11.3. The van der Waals surface area contributed by atoms with Gasteiger partial charge in [0.15, 0.2) is 0 Å². The summed E-state index contributed by atoms with van der Waals surface area (Å²) >= 11 is 0. The molecule has 0 heterocycles. The molecule has 0 aromatic rings. The highest BCUT2D eigenvalue weighted by molar-refractivity contribution is 4.84. The van der Waals surface area contributed by atoms with Gasteiger partial charge in [0.1, 0.15) is 0 Å². The molecule has 2 atom stereocenters. The molecule has 1 saturated carbocycles. The zero-order valence-corrected chi connectivity index (χ0v) is 12.5. The van der Waals surface area contributed by atoms with E-state index in [4.69, 9.17) is 0 Å². The minimum atomic E-state index is 0.777. The van der Waals surface area contributed by atoms with Crippen LogP contribution in [0.5, 0.6) is 0 Å². The van der Waals surface area contributed by atoms with Gasteiger partial charge in [-0.3, -0.25) is 0 Å². The van der Waals surface area contributed by atoms with E-state index in [1.807, 2.05) is 0 Å². The van der Waals surface area contributed by atoms with Crippen molar-refractivity contribution in [2.45, 2.75) is 78.2 Å². The average molecular weight is 239 g/mol. The van der Waals surface area contributed by atoms with Crippen molar-refractivity contribution in [2.24, 2.45) is 17.8 Å². The fourth-order valence-electron chi connectivity index (χ4n) is 3.61. The van der Waals surface area contributed by atoms with Gasteiger partial charge >= 0.3 is 0 Å². The van der Waals surface area contributed by atoms with E-state index in [0.29, 0.717) is 0 Å². The van der Waals surface area contributed by atoms with Gasteiger partial charge in [0, 0.05) is 6.04 Å². The van der Waals surface area contributed by atoms with Crippen molar-refractivity contribution in [3.8, 4) is 0 Å². The van der Waals surface area contributed by atoms with Gasteiger partial charge in [-0.15, -0.1) is 0 Å². The highest BCUT2D eigenvalue weighted by Gasteiger charge is 2.29. The Balaban J connectivity index is 2.49. The van der Waals surface area contributed by atoms with Crippen molar-refractivity contribution >= 4 is 0 Å². The largest absolute Gasteiger partial charge is 0.316 e. The van der Waals surface area contributed by atoms with E-state index in [-0.39, 0.29) is 0 Å². The molecule has 0 aromatic heterocycles. The van der Waals surface area contributed by atoms with E-state index >= 15 is 0 Å². The lowest BCUT2D eigenvalue weighted by Gasteiger charge is -2.37. The maximum atomic E-state index is 3.65. The lowest BCUT2D eigenvalue weighted by molar-refractivity contribution is 0.179. The zero-order chi connectivity index (χ0) is 12.7. The second-order valence-electron chi connectivity index (χ2n) is 6.14. The van der Waals surface area contributed by atoms with Gasteiger partial charge < -0.3 is 5.32 Å². The molecular formula is C16H33N. The number of hydrogen-bond acceptors (Lipinski definition) is 1. The first kappa shape index (κ1) is 15.0. The summed E-state index contributed by atoms with van der Waals surface area (Å²) in [5.41, 5.74) is 0. The molecular weight excluding hydrogens is 206 g/mol. The third kappa shape index (κ3) is 4.62. The maximum absolute atomic E-state index is 3.65. The predicted molar refractivity (Wildman–Crippen MR) is 77.3 cm³/mol. The summed E-state index contributed by atoms with van der Waals surface area (Å²) in [5, 5.41) is 3.65. The Kier molecular flexibility index (Phi) is 7.18. The molecule has 0 amide bonds. The Morgan fingerprint density at radius 1 is 1.12 bits per heavy atom. The van der Waals surface area contributed by atoms with Gasteiger partial charge in [-0.2, -0.15) is 0 Å². The maximum Gasteiger partial charge on any atom is 0.0120 e. The van der Waals surface area contributed by atoms with E-state index in [1.165, 1.54) is 51.4 Å². The first-order valence-corrected chi connectivity index (χ1v) is 7.90. The van der Waals surface area contributed by atoms with E-state index in [0.717, 1.165) is 23.8 Å². The molecule has 17 heavy (non-hydrogen) atoms. The zero-order valence-electron chi connectivity index (χ0n) is 12.5. The van der Waals surface area contributed by atoms with E-state index in [9.17, 15) is 0 Å². The van der Waals surface area contributed by atoms with Crippen LogP contribution in [0.1, 0.15) is 72.1 Å². The van der Waals surface area contributed by atoms with Crippen molar-refractivity contribution in [1.82, 2.24) is 5.32 Å². The van der Waals surface area contributed by atoms with Crippen molar-refractivity contribution in [3.05, 3.63) is 0 Å². The molecule has 1 rings (SSSR count). The Morgan fingerprint density at radius 2 is 1.76 bits per heavy atom. The second kappa shape index (κ2) is 8.13. The van der Waals surface area contributed by atoms with Gasteiger partial charge in [0.05, 0.1) is 0 Å². The van der Waals surface area contributed by atoms with E-state index in [1.54, 1.807) is 0 Å². The molecule has 1 aliphatic carbocycles. The van der Waals surface area contributed by atoms with Crippen LogP contribution in [0.4, 0.5) is 0 Å². The molecule has 102 valence electrons. The number of nitrogens with one attached hydrogen (secondary N) is 1. The lowest BCUT2D eigenvalue weighted by Crippen LogP contribution is -2.41. The standard InChI is InChI=1S/C16H33N/c1-5-7-8-14(6-2)16(17-4)15-11-9-13(3)10-12-15/h13-17H,5-12H2,1-4H3. The summed E-state index contributed by atoms with van der Waals surface area (Å²) in [6.45, 7) is 7.10. The van der Waals surface area contributed by atoms with Gasteiger partial charge in [-0.05, 0) is 44.1 Å². The van der Waals surface area contributed by atoms with Crippen molar-refractivity contribution in [1.29, 1.82) is 0 Å². The molecule has 0 aliphatic heterocycles. The van der Waals surface area contributed by atoms with Crippen LogP contribution in [0.25, 0.3) is 0 Å². The number of unbranched alkanes of at least 4 members (excludes halogenated alkanes) is 1. The van der Waals surface area contributed by atoms with Gasteiger partial charge in [-0.25, -0.2) is 0 Å². The van der Waals surface area contributed by atoms with Crippen LogP contribution >= 0.6 is 0 Å². The Bertz CT molecular complexity index is 177. The van der Waals surface area contributed by atoms with Crippen LogP contribution in [0.2, 0.25) is 0 Å². The fourth-order valence-corrected chi connectivity index (χ4v) is 3.61. The van der Waals surface area contributed by atoms with E-state index in [2.05, 4.69) is 33.1 Å². The summed E-state index contributed by atoms with van der Waals surface area (Å²) in [7, 11) is 2.18. The van der Waals surface area contributed by atoms with Gasteiger partial charge in [0.2, 0.25) is 0 Å². The SMILES string of the molecule is CCCCC(CC)C(NC)C1CCC(C)CC1. The molecule has 0 bridgehead atoms. The van der Waals surface area contributed by atoms with Crippen molar-refractivity contribution < 1.29 is 0 Å². The second-order valence-corrected chi connectivity index (χ2v) is 6.14. The molecule has 0 saturated heterocycles. The summed E-state index contributed by atoms with van der Waals surface area (Å²) in [4.78, 5) is 0. The first-order valence-electron chi connectivity index (χ1n) is 7.90. The molecule has 1 heteroatoms. The highest BCUT2D eigenvalue weighted by Crippen LogP contribution is 2.34. The molecule has 1 N–H and O–H groups in total. The van der Waals surface area contributed by atoms with Crippen LogP contribution in [0, 0.1) is 17.8 Å². The predicted octanol–water partition coefficient (Wildman–Crippen LogP) is 4.62. The average Bonchev–Trinajstić information content (AvgIpc) is 2.36. The summed E-state index contributed by atoms with van der Waals surface area (Å²) in [6, 6.07) is 0.777. The smallest absolute Gasteiger partial charge is 0.0120 e. The van der Waals surface area contributed by atoms with Crippen molar-refractivity contribution in [3.63, 3.8) is 0 Å². The third-order valence-electron chi connectivity index (χ3n) is 4.86. The Labute approximate surface area is 109 Å². The molecule has 0 radical (unpaired) electrons. The molecule has 0 spiro atoms. The highest BCUT2D eigenvalue weighted by atomic mass is 14.9. The van der Waals surface area contributed by atoms with Crippen LogP contribution in [-0.2, 0) is 0 Å². The minimum Gasteiger partial charge on any atom is -0.316 e. The topological polar surface area (TPSA) is 12.0 Å². The third-order valence-corrected chi connectivity index (χ3v) is 4.86. The van der Waals surface area contributed by atoms with Crippen LogP contribution in [0.15, 0.2) is 0 Å². The monoisotopic (exact) mass is 239 g/mol. The van der Waals surface area contributed by atoms with Crippen LogP contribution in [-0.4, -0.2) is 13.1 Å². The van der Waals surface area contributed by atoms with E-state index < -0.39 is 0 Å². The summed E-state index contributed by atoms with van der Waals surface area (Å²) in [5.74, 6) is 2.82. The van der Waals surface area contributed by atoms with Crippen LogP contribution in [0.3, 0.4) is 0 Å². The molecule has 1 nitrogen and oxygen atoms in total. The molecule has 1 aliphatic rings. The minimum absolute atomic E-state index is 0.777. The number of hydrogen-bond donors (Lipinski definition) is 1. The molecule has 1 fully saturated rings. The quantitative estimate of drug-likeness (QED) is 0.683. The van der Waals surface area contributed by atoms with Crippen LogP contribution < -0.4 is 5.32 Å². The lowest BCUT2D eigenvalue weighted by atomic mass is 9.74. The first-order chi connectivity index (χ1) is 8.22. The Morgan fingerprint density at radius 3 is 2.24 bits per heavy atom. The number of rotatable bonds is 7. The van der Waals surface area contributed by atoms with Gasteiger partial charge in [-0.1, -0.05) is 52.9 Å². The van der Waals surface area contributed by atoms with Crippen molar-refractivity contribution in [2.75, 3.05) is 7.05 Å². The molecule has 0 aromatic carbocycles. The normalized spacial score (nSPS) is 28.9. The fraction of sp³-hybridized carbons (Fsp3) is 1.00. The Hall–Kier alpha value is -0.0400. The molecule has 2 unspecified atom stereocenters. The summed E-state index contributed by atoms with van der Waals surface area (Å²) < 4.78 is 0.